The van der Waals surface area contributed by atoms with Gasteiger partial charge in [0.2, 0.25) is 5.91 Å². The number of nitrogens with zero attached hydrogens (tertiary/aromatic N) is 1. The fourth-order valence-electron chi connectivity index (χ4n) is 3.11. The number of aryl methyl sites for hydroxylation is 1. The topological polar surface area (TPSA) is 52.6 Å². The number of carbonyl (C=O) groups excluding carboxylic acids is 1. The second-order valence-electron chi connectivity index (χ2n) is 6.19. The van der Waals surface area contributed by atoms with E-state index < -0.39 is 0 Å². The standard InChI is InChI=1S/C19H21BrN2O2/c1-13-10-16(6-7-17(13)22-8-2-3-9-22)21-19(24)11-14-4-5-15(20)12-18(14)23/h4-7,10,12,23H,2-3,8-9,11H2,1H3,(H,21,24). The summed E-state index contributed by atoms with van der Waals surface area (Å²) >= 11 is 3.29. The molecule has 0 radical (unpaired) electrons. The van der Waals surface area contributed by atoms with Gasteiger partial charge in [0, 0.05) is 34.5 Å². The molecule has 1 fully saturated rings. The first-order valence-corrected chi connectivity index (χ1v) is 8.95. The zero-order valence-corrected chi connectivity index (χ0v) is 15.3. The molecule has 4 nitrogen and oxygen atoms in total. The Balaban J connectivity index is 1.67. The maximum absolute atomic E-state index is 12.2. The fourth-order valence-corrected chi connectivity index (χ4v) is 3.46. The van der Waals surface area contributed by atoms with E-state index in [1.165, 1.54) is 24.1 Å². The quantitative estimate of drug-likeness (QED) is 0.822. The van der Waals surface area contributed by atoms with Crippen molar-refractivity contribution in [3.63, 3.8) is 0 Å². The molecule has 5 heteroatoms. The third-order valence-corrected chi connectivity index (χ3v) is 4.82. The Bertz CT molecular complexity index is 755. The van der Waals surface area contributed by atoms with Crippen molar-refractivity contribution in [2.75, 3.05) is 23.3 Å². The first kappa shape index (κ1) is 16.8. The van der Waals surface area contributed by atoms with Gasteiger partial charge >= 0.3 is 0 Å². The predicted octanol–water partition coefficient (Wildman–Crippen LogP) is 4.24. The van der Waals surface area contributed by atoms with E-state index in [1.807, 2.05) is 18.2 Å². The Kier molecular flexibility index (Phi) is 5.09. The molecule has 24 heavy (non-hydrogen) atoms. The van der Waals surface area contributed by atoms with Gasteiger partial charge in [0.25, 0.3) is 0 Å². The van der Waals surface area contributed by atoms with Gasteiger partial charge in [-0.05, 0) is 55.7 Å². The van der Waals surface area contributed by atoms with Crippen LogP contribution in [0, 0.1) is 6.92 Å². The van der Waals surface area contributed by atoms with Gasteiger partial charge < -0.3 is 15.3 Å². The summed E-state index contributed by atoms with van der Waals surface area (Å²) in [6.45, 7) is 4.29. The molecular formula is C19H21BrN2O2. The number of rotatable bonds is 4. The van der Waals surface area contributed by atoms with E-state index in [1.54, 1.807) is 12.1 Å². The van der Waals surface area contributed by atoms with Crippen LogP contribution in [0.25, 0.3) is 0 Å². The summed E-state index contributed by atoms with van der Waals surface area (Å²) in [7, 11) is 0. The van der Waals surface area contributed by atoms with Crippen molar-refractivity contribution < 1.29 is 9.90 Å². The first-order chi connectivity index (χ1) is 11.5. The molecule has 126 valence electrons. The molecule has 1 amide bonds. The van der Waals surface area contributed by atoms with Crippen LogP contribution in [0.5, 0.6) is 5.75 Å². The predicted molar refractivity (Wildman–Crippen MR) is 101 cm³/mol. The number of benzene rings is 2. The zero-order chi connectivity index (χ0) is 17.1. The maximum Gasteiger partial charge on any atom is 0.228 e. The Hall–Kier alpha value is -2.01. The highest BCUT2D eigenvalue weighted by atomic mass is 79.9. The molecule has 0 aliphatic carbocycles. The third-order valence-electron chi connectivity index (χ3n) is 4.33. The van der Waals surface area contributed by atoms with Crippen LogP contribution in [0.3, 0.4) is 0 Å². The molecule has 2 N–H and O–H groups in total. The van der Waals surface area contributed by atoms with Gasteiger partial charge in [0.1, 0.15) is 5.75 Å². The van der Waals surface area contributed by atoms with E-state index in [0.717, 1.165) is 23.2 Å². The number of nitrogens with one attached hydrogen (secondary N) is 1. The number of phenols is 1. The van der Waals surface area contributed by atoms with Gasteiger partial charge in [0.15, 0.2) is 0 Å². The van der Waals surface area contributed by atoms with Crippen molar-refractivity contribution in [1.29, 1.82) is 0 Å². The highest BCUT2D eigenvalue weighted by Gasteiger charge is 2.15. The fraction of sp³-hybridized carbons (Fsp3) is 0.316. The average molecular weight is 389 g/mol. The van der Waals surface area contributed by atoms with Gasteiger partial charge in [-0.25, -0.2) is 0 Å². The van der Waals surface area contributed by atoms with E-state index in [-0.39, 0.29) is 18.1 Å². The second kappa shape index (κ2) is 7.26. The molecule has 0 aromatic heterocycles. The van der Waals surface area contributed by atoms with Crippen LogP contribution in [-0.2, 0) is 11.2 Å². The SMILES string of the molecule is Cc1cc(NC(=O)Cc2ccc(Br)cc2O)ccc1N1CCCC1. The molecule has 1 heterocycles. The molecule has 1 aliphatic heterocycles. The lowest BCUT2D eigenvalue weighted by molar-refractivity contribution is -0.115. The number of aromatic hydroxyl groups is 1. The van der Waals surface area contributed by atoms with E-state index in [9.17, 15) is 9.90 Å². The molecule has 0 saturated carbocycles. The summed E-state index contributed by atoms with van der Waals surface area (Å²) in [5, 5.41) is 12.8. The Labute approximate surface area is 150 Å². The van der Waals surface area contributed by atoms with Gasteiger partial charge in [-0.3, -0.25) is 4.79 Å². The van der Waals surface area contributed by atoms with Crippen molar-refractivity contribution >= 4 is 33.2 Å². The summed E-state index contributed by atoms with van der Waals surface area (Å²) < 4.78 is 0.789. The monoisotopic (exact) mass is 388 g/mol. The number of carbonyl (C=O) groups is 1. The molecule has 0 atom stereocenters. The maximum atomic E-state index is 12.2. The number of hydrogen-bond acceptors (Lipinski definition) is 3. The van der Waals surface area contributed by atoms with Crippen molar-refractivity contribution in [3.8, 4) is 5.75 Å². The van der Waals surface area contributed by atoms with Crippen LogP contribution < -0.4 is 10.2 Å². The third kappa shape index (κ3) is 3.90. The largest absolute Gasteiger partial charge is 0.508 e. The first-order valence-electron chi connectivity index (χ1n) is 8.16. The minimum absolute atomic E-state index is 0.125. The van der Waals surface area contributed by atoms with E-state index >= 15 is 0 Å². The van der Waals surface area contributed by atoms with Gasteiger partial charge in [-0.1, -0.05) is 22.0 Å². The normalized spacial score (nSPS) is 14.0. The number of halogens is 1. The Morgan fingerprint density at radius 2 is 1.96 bits per heavy atom. The summed E-state index contributed by atoms with van der Waals surface area (Å²) in [4.78, 5) is 14.6. The molecule has 0 bridgehead atoms. The Morgan fingerprint density at radius 3 is 2.62 bits per heavy atom. The molecule has 3 rings (SSSR count). The summed E-state index contributed by atoms with van der Waals surface area (Å²) in [6.07, 6.45) is 2.63. The highest BCUT2D eigenvalue weighted by Crippen LogP contribution is 2.27. The number of anilines is 2. The van der Waals surface area contributed by atoms with E-state index in [2.05, 4.69) is 39.1 Å². The van der Waals surface area contributed by atoms with Gasteiger partial charge in [-0.2, -0.15) is 0 Å². The Morgan fingerprint density at radius 1 is 1.21 bits per heavy atom. The van der Waals surface area contributed by atoms with Crippen molar-refractivity contribution in [1.82, 2.24) is 0 Å². The van der Waals surface area contributed by atoms with Gasteiger partial charge in [0.05, 0.1) is 6.42 Å². The molecular weight excluding hydrogens is 368 g/mol. The second-order valence-corrected chi connectivity index (χ2v) is 7.11. The molecule has 2 aromatic carbocycles. The number of phenolic OH excluding ortho intramolecular Hbond substituents is 1. The van der Waals surface area contributed by atoms with Crippen LogP contribution >= 0.6 is 15.9 Å². The zero-order valence-electron chi connectivity index (χ0n) is 13.7. The molecule has 1 saturated heterocycles. The molecule has 0 unspecified atom stereocenters. The van der Waals surface area contributed by atoms with E-state index in [4.69, 9.17) is 0 Å². The molecule has 0 spiro atoms. The average Bonchev–Trinajstić information content (AvgIpc) is 3.04. The van der Waals surface area contributed by atoms with E-state index in [0.29, 0.717) is 5.56 Å². The smallest absolute Gasteiger partial charge is 0.228 e. The van der Waals surface area contributed by atoms with Crippen molar-refractivity contribution in [2.24, 2.45) is 0 Å². The summed E-state index contributed by atoms with van der Waals surface area (Å²) in [5.74, 6) is -0.0129. The van der Waals surface area contributed by atoms with Crippen LogP contribution in [0.2, 0.25) is 0 Å². The van der Waals surface area contributed by atoms with Gasteiger partial charge in [-0.15, -0.1) is 0 Å². The number of hydrogen-bond donors (Lipinski definition) is 2. The summed E-state index contributed by atoms with van der Waals surface area (Å²) in [6, 6.07) is 11.2. The van der Waals surface area contributed by atoms with Crippen LogP contribution in [-0.4, -0.2) is 24.1 Å². The minimum Gasteiger partial charge on any atom is -0.508 e. The molecule has 1 aliphatic rings. The van der Waals surface area contributed by atoms with Crippen LogP contribution in [0.1, 0.15) is 24.0 Å². The summed E-state index contributed by atoms with van der Waals surface area (Å²) in [5.41, 5.74) is 3.82. The van der Waals surface area contributed by atoms with Crippen LogP contribution in [0.15, 0.2) is 40.9 Å². The lowest BCUT2D eigenvalue weighted by Crippen LogP contribution is -2.19. The lowest BCUT2D eigenvalue weighted by Gasteiger charge is -2.20. The number of amides is 1. The van der Waals surface area contributed by atoms with Crippen LogP contribution in [0.4, 0.5) is 11.4 Å². The van der Waals surface area contributed by atoms with Crippen molar-refractivity contribution in [2.45, 2.75) is 26.2 Å². The van der Waals surface area contributed by atoms with Crippen molar-refractivity contribution in [3.05, 3.63) is 52.0 Å². The lowest BCUT2D eigenvalue weighted by atomic mass is 10.1. The molecule has 2 aromatic rings. The minimum atomic E-state index is -0.138. The highest BCUT2D eigenvalue weighted by molar-refractivity contribution is 9.10.